The lowest BCUT2D eigenvalue weighted by Crippen LogP contribution is -2.53. The van der Waals surface area contributed by atoms with Gasteiger partial charge in [-0.1, -0.05) is 29.8 Å². The van der Waals surface area contributed by atoms with E-state index in [4.69, 9.17) is 11.6 Å². The summed E-state index contributed by atoms with van der Waals surface area (Å²) in [4.78, 5) is 18.2. The number of amides is 1. The van der Waals surface area contributed by atoms with Crippen LogP contribution in [0.4, 0.5) is 0 Å². The average Bonchev–Trinajstić information content (AvgIpc) is 3.15. The second-order valence-electron chi connectivity index (χ2n) is 6.41. The minimum Gasteiger partial charge on any atom is -0.350 e. The molecule has 1 N–H and O–H groups in total. The van der Waals surface area contributed by atoms with Gasteiger partial charge in [-0.05, 0) is 36.1 Å². The molecule has 25 heavy (non-hydrogen) atoms. The lowest BCUT2D eigenvalue weighted by molar-refractivity contribution is -0.126. The van der Waals surface area contributed by atoms with E-state index < -0.39 is 0 Å². The Morgan fingerprint density at radius 2 is 1.92 bits per heavy atom. The highest BCUT2D eigenvalue weighted by Crippen LogP contribution is 2.14. The number of hydrogen-bond acceptors (Lipinski definition) is 4. The predicted octanol–water partition coefficient (Wildman–Crippen LogP) is 3.22. The summed E-state index contributed by atoms with van der Waals surface area (Å²) in [6.45, 7) is 7.35. The third kappa shape index (κ3) is 5.28. The van der Waals surface area contributed by atoms with Crippen molar-refractivity contribution >= 4 is 28.8 Å². The molecule has 1 aliphatic heterocycles. The summed E-state index contributed by atoms with van der Waals surface area (Å²) >= 11 is 7.61. The highest BCUT2D eigenvalue weighted by molar-refractivity contribution is 7.09. The standard InChI is InChI=1S/C19H24ClN3OS/c1-15(19(24)21-13-18-3-2-12-25-18)23-10-8-22(9-11-23)14-16-4-6-17(20)7-5-16/h2-7,12,15H,8-11,13-14H2,1H3,(H,21,24). The van der Waals surface area contributed by atoms with Crippen molar-refractivity contribution < 1.29 is 4.79 Å². The first-order valence-electron chi connectivity index (χ1n) is 8.63. The molecular formula is C19H24ClN3OS. The van der Waals surface area contributed by atoms with Crippen molar-refractivity contribution in [2.24, 2.45) is 0 Å². The summed E-state index contributed by atoms with van der Waals surface area (Å²) in [6.07, 6.45) is 0. The molecule has 0 aliphatic carbocycles. The van der Waals surface area contributed by atoms with Crippen molar-refractivity contribution in [3.63, 3.8) is 0 Å². The molecule has 0 radical (unpaired) electrons. The molecule has 6 heteroatoms. The maximum atomic E-state index is 12.4. The molecule has 0 saturated carbocycles. The van der Waals surface area contributed by atoms with Crippen LogP contribution in [0.2, 0.25) is 5.02 Å². The van der Waals surface area contributed by atoms with Crippen LogP contribution in [0.15, 0.2) is 41.8 Å². The SMILES string of the molecule is CC(C(=O)NCc1cccs1)N1CCN(Cc2ccc(Cl)cc2)CC1. The van der Waals surface area contributed by atoms with Crippen LogP contribution in [0.1, 0.15) is 17.4 Å². The average molecular weight is 378 g/mol. The van der Waals surface area contributed by atoms with Crippen molar-refractivity contribution in [3.05, 3.63) is 57.2 Å². The first-order chi connectivity index (χ1) is 12.1. The fourth-order valence-electron chi connectivity index (χ4n) is 3.06. The van der Waals surface area contributed by atoms with Crippen molar-refractivity contribution in [3.8, 4) is 0 Å². The van der Waals surface area contributed by atoms with E-state index in [0.717, 1.165) is 37.7 Å². The van der Waals surface area contributed by atoms with Crippen LogP contribution in [0.3, 0.4) is 0 Å². The van der Waals surface area contributed by atoms with E-state index in [1.165, 1.54) is 10.4 Å². The molecular weight excluding hydrogens is 354 g/mol. The van der Waals surface area contributed by atoms with Gasteiger partial charge in [0.05, 0.1) is 12.6 Å². The molecule has 0 spiro atoms. The van der Waals surface area contributed by atoms with Crippen LogP contribution in [-0.2, 0) is 17.9 Å². The zero-order valence-corrected chi connectivity index (χ0v) is 16.0. The van der Waals surface area contributed by atoms with Crippen LogP contribution in [-0.4, -0.2) is 47.9 Å². The summed E-state index contributed by atoms with van der Waals surface area (Å²) in [6, 6.07) is 12.0. The van der Waals surface area contributed by atoms with E-state index >= 15 is 0 Å². The fraction of sp³-hybridized carbons (Fsp3) is 0.421. The third-order valence-corrected chi connectivity index (χ3v) is 5.80. The Bertz CT molecular complexity index is 666. The molecule has 1 unspecified atom stereocenters. The van der Waals surface area contributed by atoms with E-state index in [1.54, 1.807) is 11.3 Å². The van der Waals surface area contributed by atoms with Crippen LogP contribution in [0.25, 0.3) is 0 Å². The van der Waals surface area contributed by atoms with Crippen LogP contribution in [0.5, 0.6) is 0 Å². The van der Waals surface area contributed by atoms with Gasteiger partial charge in [0, 0.05) is 42.6 Å². The summed E-state index contributed by atoms with van der Waals surface area (Å²) in [5, 5.41) is 5.85. The Labute approximate surface area is 158 Å². The van der Waals surface area contributed by atoms with Gasteiger partial charge < -0.3 is 5.32 Å². The van der Waals surface area contributed by atoms with E-state index in [1.807, 2.05) is 36.6 Å². The second kappa shape index (κ2) is 8.81. The summed E-state index contributed by atoms with van der Waals surface area (Å²) < 4.78 is 0. The summed E-state index contributed by atoms with van der Waals surface area (Å²) in [5.74, 6) is 0.111. The molecule has 1 aromatic carbocycles. The van der Waals surface area contributed by atoms with Gasteiger partial charge in [0.15, 0.2) is 0 Å². The number of carbonyl (C=O) groups excluding carboxylic acids is 1. The number of hydrogen-bond donors (Lipinski definition) is 1. The largest absolute Gasteiger partial charge is 0.350 e. The maximum absolute atomic E-state index is 12.4. The monoisotopic (exact) mass is 377 g/mol. The Hall–Kier alpha value is -1.40. The minimum atomic E-state index is -0.0855. The molecule has 0 bridgehead atoms. The van der Waals surface area contributed by atoms with Gasteiger partial charge in [0.1, 0.15) is 0 Å². The quantitative estimate of drug-likeness (QED) is 0.839. The van der Waals surface area contributed by atoms with Crippen LogP contribution < -0.4 is 5.32 Å². The van der Waals surface area contributed by atoms with E-state index in [0.29, 0.717) is 6.54 Å². The number of thiophene rings is 1. The van der Waals surface area contributed by atoms with E-state index in [-0.39, 0.29) is 11.9 Å². The summed E-state index contributed by atoms with van der Waals surface area (Å²) in [7, 11) is 0. The third-order valence-electron chi connectivity index (χ3n) is 4.67. The van der Waals surface area contributed by atoms with E-state index in [9.17, 15) is 4.79 Å². The van der Waals surface area contributed by atoms with Crippen molar-refractivity contribution in [1.82, 2.24) is 15.1 Å². The maximum Gasteiger partial charge on any atom is 0.237 e. The van der Waals surface area contributed by atoms with Crippen LogP contribution in [0, 0.1) is 0 Å². The molecule has 4 nitrogen and oxygen atoms in total. The second-order valence-corrected chi connectivity index (χ2v) is 7.88. The lowest BCUT2D eigenvalue weighted by atomic mass is 10.1. The zero-order chi connectivity index (χ0) is 17.6. The molecule has 1 aliphatic rings. The number of halogens is 1. The number of piperazine rings is 1. The van der Waals surface area contributed by atoms with Gasteiger partial charge in [-0.3, -0.25) is 14.6 Å². The minimum absolute atomic E-state index is 0.0855. The van der Waals surface area contributed by atoms with Crippen molar-refractivity contribution in [1.29, 1.82) is 0 Å². The Kier molecular flexibility index (Phi) is 6.48. The fourth-order valence-corrected chi connectivity index (χ4v) is 3.83. The molecule has 1 aromatic heterocycles. The van der Waals surface area contributed by atoms with Crippen LogP contribution >= 0.6 is 22.9 Å². The molecule has 2 aromatic rings. The summed E-state index contributed by atoms with van der Waals surface area (Å²) in [5.41, 5.74) is 1.28. The van der Waals surface area contributed by atoms with Gasteiger partial charge in [0.2, 0.25) is 5.91 Å². The molecule has 1 fully saturated rings. The Morgan fingerprint density at radius 1 is 1.20 bits per heavy atom. The number of rotatable bonds is 6. The Balaban J connectivity index is 1.43. The van der Waals surface area contributed by atoms with Gasteiger partial charge in [-0.25, -0.2) is 0 Å². The zero-order valence-electron chi connectivity index (χ0n) is 14.5. The van der Waals surface area contributed by atoms with Gasteiger partial charge in [-0.15, -0.1) is 11.3 Å². The van der Waals surface area contributed by atoms with Crippen molar-refractivity contribution in [2.45, 2.75) is 26.1 Å². The number of nitrogens with one attached hydrogen (secondary N) is 1. The Morgan fingerprint density at radius 3 is 2.56 bits per heavy atom. The number of benzene rings is 1. The molecule has 1 saturated heterocycles. The smallest absolute Gasteiger partial charge is 0.237 e. The first-order valence-corrected chi connectivity index (χ1v) is 9.88. The normalized spacial score (nSPS) is 17.4. The molecule has 2 heterocycles. The first kappa shape index (κ1) is 18.4. The molecule has 1 amide bonds. The molecule has 1 atom stereocenters. The predicted molar refractivity (Wildman–Crippen MR) is 104 cm³/mol. The topological polar surface area (TPSA) is 35.6 Å². The lowest BCUT2D eigenvalue weighted by Gasteiger charge is -2.37. The highest BCUT2D eigenvalue weighted by atomic mass is 35.5. The van der Waals surface area contributed by atoms with Gasteiger partial charge >= 0.3 is 0 Å². The van der Waals surface area contributed by atoms with Gasteiger partial charge in [-0.2, -0.15) is 0 Å². The molecule has 134 valence electrons. The van der Waals surface area contributed by atoms with Gasteiger partial charge in [0.25, 0.3) is 0 Å². The van der Waals surface area contributed by atoms with E-state index in [2.05, 4.69) is 27.2 Å². The van der Waals surface area contributed by atoms with Crippen molar-refractivity contribution in [2.75, 3.05) is 26.2 Å². The highest BCUT2D eigenvalue weighted by Gasteiger charge is 2.25. The molecule has 3 rings (SSSR count). The number of carbonyl (C=O) groups is 1. The number of nitrogens with zero attached hydrogens (tertiary/aromatic N) is 2.